The van der Waals surface area contributed by atoms with E-state index in [2.05, 4.69) is 16.4 Å². The highest BCUT2D eigenvalue weighted by atomic mass is 16.1. The van der Waals surface area contributed by atoms with Gasteiger partial charge in [-0.3, -0.25) is 9.78 Å². The van der Waals surface area contributed by atoms with E-state index in [1.807, 2.05) is 0 Å². The highest BCUT2D eigenvalue weighted by Gasteiger charge is 2.37. The van der Waals surface area contributed by atoms with E-state index in [0.29, 0.717) is 23.3 Å². The average Bonchev–Trinajstić information content (AvgIpc) is 2.76. The third-order valence-corrected chi connectivity index (χ3v) is 4.01. The van der Waals surface area contributed by atoms with Crippen molar-refractivity contribution in [3.63, 3.8) is 0 Å². The minimum absolute atomic E-state index is 0.0331. The van der Waals surface area contributed by atoms with Crippen molar-refractivity contribution in [2.75, 3.05) is 0 Å². The summed E-state index contributed by atoms with van der Waals surface area (Å²) in [6.45, 7) is 0. The predicted octanol–water partition coefficient (Wildman–Crippen LogP) is 1.67. The average molecular weight is 241 g/mol. The van der Waals surface area contributed by atoms with Gasteiger partial charge in [0.05, 0.1) is 5.56 Å². The molecule has 4 nitrogen and oxygen atoms in total. The van der Waals surface area contributed by atoms with Gasteiger partial charge >= 0.3 is 0 Å². The molecular formula is C14H15N3O. The summed E-state index contributed by atoms with van der Waals surface area (Å²) in [7, 11) is 0. The number of hydrogen-bond donors (Lipinski definition) is 1. The molecule has 1 aromatic rings. The van der Waals surface area contributed by atoms with Gasteiger partial charge in [-0.15, -0.1) is 0 Å². The fourth-order valence-corrected chi connectivity index (χ4v) is 3.16. The van der Waals surface area contributed by atoms with Crippen LogP contribution in [0.1, 0.15) is 41.7 Å². The van der Waals surface area contributed by atoms with E-state index < -0.39 is 0 Å². The summed E-state index contributed by atoms with van der Waals surface area (Å²) in [5, 5.41) is 12.5. The maximum absolute atomic E-state index is 12.5. The van der Waals surface area contributed by atoms with Gasteiger partial charge in [-0.05, 0) is 37.8 Å². The Labute approximate surface area is 106 Å². The Hall–Kier alpha value is -1.73. The first-order valence-corrected chi connectivity index (χ1v) is 6.43. The maximum atomic E-state index is 12.5. The van der Waals surface area contributed by atoms with Crippen LogP contribution in [0.5, 0.6) is 0 Å². The summed E-state index contributed by atoms with van der Waals surface area (Å²) in [5.41, 5.74) is 0.750. The smallest absolute Gasteiger partial charge is 0.185 e. The second-order valence-electron chi connectivity index (χ2n) is 5.18. The Balaban J connectivity index is 1.84. The lowest BCUT2D eigenvalue weighted by Gasteiger charge is -2.27. The lowest BCUT2D eigenvalue weighted by Crippen LogP contribution is -2.40. The second kappa shape index (κ2) is 4.51. The van der Waals surface area contributed by atoms with Gasteiger partial charge in [0, 0.05) is 24.2 Å². The molecule has 2 fully saturated rings. The molecule has 3 heterocycles. The summed E-state index contributed by atoms with van der Waals surface area (Å²) in [6.07, 6.45) is 5.70. The van der Waals surface area contributed by atoms with Gasteiger partial charge in [-0.2, -0.15) is 5.26 Å². The van der Waals surface area contributed by atoms with Crippen molar-refractivity contribution in [2.45, 2.75) is 37.8 Å². The molecule has 2 aliphatic rings. The zero-order valence-corrected chi connectivity index (χ0v) is 10.1. The van der Waals surface area contributed by atoms with Crippen LogP contribution in [0.3, 0.4) is 0 Å². The molecule has 0 saturated carbocycles. The molecule has 92 valence electrons. The van der Waals surface area contributed by atoms with Crippen LogP contribution in [-0.2, 0) is 0 Å². The topological polar surface area (TPSA) is 65.8 Å². The first-order chi connectivity index (χ1) is 8.78. The fourth-order valence-electron chi connectivity index (χ4n) is 3.16. The predicted molar refractivity (Wildman–Crippen MR) is 66.0 cm³/mol. The van der Waals surface area contributed by atoms with Crippen LogP contribution in [0.15, 0.2) is 18.3 Å². The molecule has 4 heteroatoms. The van der Waals surface area contributed by atoms with Gasteiger partial charge in [-0.25, -0.2) is 0 Å². The van der Waals surface area contributed by atoms with Crippen LogP contribution in [0.25, 0.3) is 0 Å². The third kappa shape index (κ3) is 1.91. The van der Waals surface area contributed by atoms with Crippen LogP contribution in [0, 0.1) is 17.2 Å². The largest absolute Gasteiger partial charge is 0.311 e. The highest BCUT2D eigenvalue weighted by Crippen LogP contribution is 2.32. The van der Waals surface area contributed by atoms with E-state index in [-0.39, 0.29) is 11.7 Å². The Morgan fingerprint density at radius 3 is 2.78 bits per heavy atom. The summed E-state index contributed by atoms with van der Waals surface area (Å²) < 4.78 is 0. The summed E-state index contributed by atoms with van der Waals surface area (Å²) in [6, 6.07) is 6.37. The Kier molecular flexibility index (Phi) is 2.85. The number of ketones is 1. The molecule has 0 amide bonds. The fraction of sp³-hybridized carbons (Fsp3) is 0.500. The molecule has 18 heavy (non-hydrogen) atoms. The Morgan fingerprint density at radius 1 is 1.39 bits per heavy atom. The van der Waals surface area contributed by atoms with Crippen molar-refractivity contribution in [1.82, 2.24) is 10.3 Å². The van der Waals surface area contributed by atoms with Crippen molar-refractivity contribution in [3.8, 4) is 6.07 Å². The molecule has 2 aliphatic heterocycles. The number of pyridine rings is 1. The van der Waals surface area contributed by atoms with Gasteiger partial charge in [0.2, 0.25) is 0 Å². The molecule has 1 aromatic heterocycles. The maximum Gasteiger partial charge on any atom is 0.185 e. The molecule has 2 saturated heterocycles. The zero-order valence-electron chi connectivity index (χ0n) is 10.1. The van der Waals surface area contributed by atoms with Gasteiger partial charge < -0.3 is 5.32 Å². The van der Waals surface area contributed by atoms with Gasteiger partial charge in [-0.1, -0.05) is 0 Å². The van der Waals surface area contributed by atoms with Crippen LogP contribution in [0.4, 0.5) is 0 Å². The number of rotatable bonds is 2. The third-order valence-electron chi connectivity index (χ3n) is 4.01. The number of hydrogen-bond acceptors (Lipinski definition) is 4. The number of nitrogens with one attached hydrogen (secondary N) is 1. The quantitative estimate of drug-likeness (QED) is 0.800. The number of carbonyl (C=O) groups excluding carboxylic acids is 1. The molecule has 0 radical (unpaired) electrons. The van der Waals surface area contributed by atoms with Crippen LogP contribution in [0.2, 0.25) is 0 Å². The van der Waals surface area contributed by atoms with E-state index in [4.69, 9.17) is 5.26 Å². The lowest BCUT2D eigenvalue weighted by molar-refractivity contribution is 0.0870. The molecule has 3 rings (SSSR count). The van der Waals surface area contributed by atoms with Crippen LogP contribution >= 0.6 is 0 Å². The van der Waals surface area contributed by atoms with Gasteiger partial charge in [0.25, 0.3) is 0 Å². The molecule has 0 aromatic carbocycles. The van der Waals surface area contributed by atoms with Gasteiger partial charge in [0.15, 0.2) is 5.78 Å². The van der Waals surface area contributed by atoms with Crippen molar-refractivity contribution in [2.24, 2.45) is 5.92 Å². The van der Waals surface area contributed by atoms with E-state index in [1.165, 1.54) is 12.8 Å². The number of Topliss-reactive ketones (excluding diaryl/α,β-unsaturated/α-hetero) is 1. The summed E-state index contributed by atoms with van der Waals surface area (Å²) in [5.74, 6) is 0.0799. The van der Waals surface area contributed by atoms with Crippen molar-refractivity contribution >= 4 is 5.78 Å². The van der Waals surface area contributed by atoms with Crippen LogP contribution < -0.4 is 5.32 Å². The lowest BCUT2D eigenvalue weighted by atomic mass is 9.86. The number of carbonyl (C=O) groups is 1. The minimum Gasteiger partial charge on any atom is -0.311 e. The summed E-state index contributed by atoms with van der Waals surface area (Å²) in [4.78, 5) is 16.6. The normalized spacial score (nSPS) is 29.8. The highest BCUT2D eigenvalue weighted by molar-refractivity contribution is 5.98. The standard InChI is InChI=1S/C14H15N3O/c15-8-9-2-1-5-16-13(9)14(18)10-6-11-3-4-12(7-10)17-11/h1-2,5,10-12,17H,3-4,6-7H2. The second-order valence-corrected chi connectivity index (χ2v) is 5.18. The van der Waals surface area contributed by atoms with Gasteiger partial charge in [0.1, 0.15) is 11.8 Å². The molecule has 2 bridgehead atoms. The van der Waals surface area contributed by atoms with Crippen LogP contribution in [-0.4, -0.2) is 22.9 Å². The Bertz CT molecular complexity index is 508. The van der Waals surface area contributed by atoms with E-state index >= 15 is 0 Å². The Morgan fingerprint density at radius 2 is 2.11 bits per heavy atom. The van der Waals surface area contributed by atoms with Crippen molar-refractivity contribution in [1.29, 1.82) is 5.26 Å². The van der Waals surface area contributed by atoms with Crippen molar-refractivity contribution in [3.05, 3.63) is 29.6 Å². The minimum atomic E-state index is 0.0331. The SMILES string of the molecule is N#Cc1cccnc1C(=O)C1CC2CCC(C1)N2. The van der Waals surface area contributed by atoms with Crippen molar-refractivity contribution < 1.29 is 4.79 Å². The summed E-state index contributed by atoms with van der Waals surface area (Å²) >= 11 is 0. The number of piperidine rings is 1. The zero-order chi connectivity index (χ0) is 12.5. The molecule has 1 N–H and O–H groups in total. The molecule has 0 spiro atoms. The molecule has 0 aliphatic carbocycles. The number of fused-ring (bicyclic) bond motifs is 2. The molecular weight excluding hydrogens is 226 g/mol. The molecule has 2 unspecified atom stereocenters. The van der Waals surface area contributed by atoms with E-state index in [0.717, 1.165) is 12.8 Å². The first-order valence-electron chi connectivity index (χ1n) is 6.43. The number of nitrogens with zero attached hydrogens (tertiary/aromatic N) is 2. The number of nitriles is 1. The first kappa shape index (κ1) is 11.4. The monoisotopic (exact) mass is 241 g/mol. The molecule has 2 atom stereocenters. The van der Waals surface area contributed by atoms with E-state index in [1.54, 1.807) is 18.3 Å². The van der Waals surface area contributed by atoms with E-state index in [9.17, 15) is 4.79 Å². The number of aromatic nitrogens is 1.